The number of benzene rings is 1. The van der Waals surface area contributed by atoms with Crippen LogP contribution in [-0.2, 0) is 4.79 Å². The maximum absolute atomic E-state index is 11.4. The number of carbonyl (C=O) groups is 1. The van der Waals surface area contributed by atoms with E-state index in [2.05, 4.69) is 5.32 Å². The van der Waals surface area contributed by atoms with Crippen molar-refractivity contribution in [1.82, 2.24) is 0 Å². The van der Waals surface area contributed by atoms with Crippen LogP contribution in [0.15, 0.2) is 18.2 Å². The SMILES string of the molecule is Cc1cccc(NC(=O)CC(C)O)c1C. The van der Waals surface area contributed by atoms with Gasteiger partial charge < -0.3 is 10.4 Å². The van der Waals surface area contributed by atoms with Gasteiger partial charge in [-0.2, -0.15) is 0 Å². The molecule has 82 valence electrons. The van der Waals surface area contributed by atoms with Crippen LogP contribution in [0.4, 0.5) is 5.69 Å². The first kappa shape index (κ1) is 11.7. The van der Waals surface area contributed by atoms with Crippen molar-refractivity contribution < 1.29 is 9.90 Å². The van der Waals surface area contributed by atoms with E-state index >= 15 is 0 Å². The fourth-order valence-corrected chi connectivity index (χ4v) is 1.36. The highest BCUT2D eigenvalue weighted by molar-refractivity contribution is 5.91. The van der Waals surface area contributed by atoms with Gasteiger partial charge in [0, 0.05) is 5.69 Å². The lowest BCUT2D eigenvalue weighted by molar-refractivity contribution is -0.117. The lowest BCUT2D eigenvalue weighted by Gasteiger charge is -2.10. The minimum Gasteiger partial charge on any atom is -0.393 e. The van der Waals surface area contributed by atoms with Crippen LogP contribution in [-0.4, -0.2) is 17.1 Å². The van der Waals surface area contributed by atoms with Crippen molar-refractivity contribution in [2.24, 2.45) is 0 Å². The van der Waals surface area contributed by atoms with Gasteiger partial charge in [-0.05, 0) is 38.0 Å². The van der Waals surface area contributed by atoms with E-state index in [9.17, 15) is 4.79 Å². The summed E-state index contributed by atoms with van der Waals surface area (Å²) in [7, 11) is 0. The highest BCUT2D eigenvalue weighted by Crippen LogP contribution is 2.18. The van der Waals surface area contributed by atoms with Gasteiger partial charge in [-0.3, -0.25) is 4.79 Å². The molecule has 1 aromatic carbocycles. The van der Waals surface area contributed by atoms with Gasteiger partial charge in [0.05, 0.1) is 12.5 Å². The molecular formula is C12H17NO2. The van der Waals surface area contributed by atoms with Crippen LogP contribution in [0.2, 0.25) is 0 Å². The van der Waals surface area contributed by atoms with E-state index in [1.807, 2.05) is 32.0 Å². The first-order valence-corrected chi connectivity index (χ1v) is 5.05. The number of amides is 1. The molecule has 0 fully saturated rings. The monoisotopic (exact) mass is 207 g/mol. The molecule has 0 bridgehead atoms. The summed E-state index contributed by atoms with van der Waals surface area (Å²) < 4.78 is 0. The molecule has 3 nitrogen and oxygen atoms in total. The number of aliphatic hydroxyl groups excluding tert-OH is 1. The molecular weight excluding hydrogens is 190 g/mol. The summed E-state index contributed by atoms with van der Waals surface area (Å²) in [6, 6.07) is 5.77. The highest BCUT2D eigenvalue weighted by atomic mass is 16.3. The van der Waals surface area contributed by atoms with Gasteiger partial charge in [0.25, 0.3) is 0 Å². The number of carbonyl (C=O) groups excluding carboxylic acids is 1. The zero-order valence-corrected chi connectivity index (χ0v) is 9.37. The summed E-state index contributed by atoms with van der Waals surface area (Å²) in [5.74, 6) is -0.154. The molecule has 15 heavy (non-hydrogen) atoms. The van der Waals surface area contributed by atoms with E-state index in [-0.39, 0.29) is 12.3 Å². The predicted octanol–water partition coefficient (Wildman–Crippen LogP) is 2.01. The lowest BCUT2D eigenvalue weighted by atomic mass is 10.1. The van der Waals surface area contributed by atoms with Crippen molar-refractivity contribution in [3.63, 3.8) is 0 Å². The number of anilines is 1. The van der Waals surface area contributed by atoms with Crippen molar-refractivity contribution in [2.75, 3.05) is 5.32 Å². The van der Waals surface area contributed by atoms with Gasteiger partial charge in [0.15, 0.2) is 0 Å². The topological polar surface area (TPSA) is 49.3 Å². The van der Waals surface area contributed by atoms with E-state index in [4.69, 9.17) is 5.11 Å². The molecule has 0 spiro atoms. The molecule has 1 rings (SSSR count). The third-order valence-corrected chi connectivity index (χ3v) is 2.36. The summed E-state index contributed by atoms with van der Waals surface area (Å²) in [4.78, 5) is 11.4. The Bertz CT molecular complexity index is 359. The van der Waals surface area contributed by atoms with E-state index in [0.717, 1.165) is 16.8 Å². The quantitative estimate of drug-likeness (QED) is 0.796. The molecule has 0 aliphatic carbocycles. The van der Waals surface area contributed by atoms with Gasteiger partial charge in [-0.15, -0.1) is 0 Å². The number of nitrogens with one attached hydrogen (secondary N) is 1. The van der Waals surface area contributed by atoms with Crippen molar-refractivity contribution in [3.8, 4) is 0 Å². The largest absolute Gasteiger partial charge is 0.393 e. The average molecular weight is 207 g/mol. The Labute approximate surface area is 90.1 Å². The molecule has 0 aliphatic rings. The summed E-state index contributed by atoms with van der Waals surface area (Å²) in [6.45, 7) is 5.57. The van der Waals surface area contributed by atoms with Crippen LogP contribution in [0.5, 0.6) is 0 Å². The van der Waals surface area contributed by atoms with Crippen LogP contribution in [0.25, 0.3) is 0 Å². The average Bonchev–Trinajstić information content (AvgIpc) is 2.11. The second-order valence-corrected chi connectivity index (χ2v) is 3.85. The Morgan fingerprint density at radius 2 is 2.13 bits per heavy atom. The van der Waals surface area contributed by atoms with Crippen LogP contribution >= 0.6 is 0 Å². The summed E-state index contributed by atoms with van der Waals surface area (Å²) >= 11 is 0. The molecule has 0 saturated heterocycles. The second kappa shape index (κ2) is 4.94. The maximum Gasteiger partial charge on any atom is 0.226 e. The molecule has 0 aliphatic heterocycles. The van der Waals surface area contributed by atoms with Gasteiger partial charge >= 0.3 is 0 Å². The molecule has 1 atom stereocenters. The zero-order valence-electron chi connectivity index (χ0n) is 9.37. The van der Waals surface area contributed by atoms with E-state index in [1.54, 1.807) is 6.92 Å². The van der Waals surface area contributed by atoms with Gasteiger partial charge in [-0.1, -0.05) is 12.1 Å². The molecule has 3 heteroatoms. The normalized spacial score (nSPS) is 12.3. The summed E-state index contributed by atoms with van der Waals surface area (Å²) in [6.07, 6.45) is -0.469. The summed E-state index contributed by atoms with van der Waals surface area (Å²) in [5, 5.41) is 11.8. The van der Waals surface area contributed by atoms with Crippen molar-refractivity contribution in [1.29, 1.82) is 0 Å². The Morgan fingerprint density at radius 3 is 2.73 bits per heavy atom. The highest BCUT2D eigenvalue weighted by Gasteiger charge is 2.08. The smallest absolute Gasteiger partial charge is 0.226 e. The van der Waals surface area contributed by atoms with Gasteiger partial charge in [-0.25, -0.2) is 0 Å². The number of rotatable bonds is 3. The number of aliphatic hydroxyl groups is 1. The van der Waals surface area contributed by atoms with Crippen LogP contribution < -0.4 is 5.32 Å². The fraction of sp³-hybridized carbons (Fsp3) is 0.417. The minimum absolute atomic E-state index is 0.132. The standard InChI is InChI=1S/C12H17NO2/c1-8-5-4-6-11(10(8)3)13-12(15)7-9(2)14/h4-6,9,14H,7H2,1-3H3,(H,13,15). The van der Waals surface area contributed by atoms with Crippen LogP contribution in [0, 0.1) is 13.8 Å². The predicted molar refractivity (Wildman–Crippen MR) is 60.8 cm³/mol. The maximum atomic E-state index is 11.4. The zero-order chi connectivity index (χ0) is 11.4. The molecule has 1 aromatic rings. The first-order chi connectivity index (χ1) is 7.00. The number of aryl methyl sites for hydroxylation is 1. The number of hydrogen-bond acceptors (Lipinski definition) is 2. The first-order valence-electron chi connectivity index (χ1n) is 5.05. The third-order valence-electron chi connectivity index (χ3n) is 2.36. The molecule has 1 unspecified atom stereocenters. The van der Waals surface area contributed by atoms with Crippen molar-refractivity contribution >= 4 is 11.6 Å². The Balaban J connectivity index is 2.73. The molecule has 0 aromatic heterocycles. The lowest BCUT2D eigenvalue weighted by Crippen LogP contribution is -2.18. The Morgan fingerprint density at radius 1 is 1.47 bits per heavy atom. The van der Waals surface area contributed by atoms with Gasteiger partial charge in [0.2, 0.25) is 5.91 Å². The second-order valence-electron chi connectivity index (χ2n) is 3.85. The third kappa shape index (κ3) is 3.36. The molecule has 0 saturated carbocycles. The van der Waals surface area contributed by atoms with E-state index in [0.29, 0.717) is 0 Å². The molecule has 1 amide bonds. The summed E-state index contributed by atoms with van der Waals surface area (Å²) in [5.41, 5.74) is 3.03. The van der Waals surface area contributed by atoms with E-state index in [1.165, 1.54) is 0 Å². The van der Waals surface area contributed by atoms with Crippen LogP contribution in [0.1, 0.15) is 24.5 Å². The molecule has 0 heterocycles. The minimum atomic E-state index is -0.602. The number of hydrogen-bond donors (Lipinski definition) is 2. The van der Waals surface area contributed by atoms with Gasteiger partial charge in [0.1, 0.15) is 0 Å². The van der Waals surface area contributed by atoms with Crippen molar-refractivity contribution in [3.05, 3.63) is 29.3 Å². The van der Waals surface area contributed by atoms with E-state index < -0.39 is 6.10 Å². The van der Waals surface area contributed by atoms with Crippen LogP contribution in [0.3, 0.4) is 0 Å². The fourth-order valence-electron chi connectivity index (χ4n) is 1.36. The molecule has 2 N–H and O–H groups in total. The van der Waals surface area contributed by atoms with Crippen molar-refractivity contribution in [2.45, 2.75) is 33.3 Å². The molecule has 0 radical (unpaired) electrons. The Hall–Kier alpha value is -1.35. The Kier molecular flexibility index (Phi) is 3.86.